The summed E-state index contributed by atoms with van der Waals surface area (Å²) in [5, 5.41) is 15.4. The van der Waals surface area contributed by atoms with E-state index < -0.39 is 0 Å². The standard InChI is InChI=1S/C31H39N5O4/c1-18-12-19(2)34-31(40)28(18)16-33-30(39)27-13-23(22-6-7-25(17-37)32-15-22)14-29(20(27)3)36(5)26-10-8-24(9-11-26)35-21(4)38/h6-7,12-15,24,26,37H,8-11,16-17H2,1-5H3,(H,33,39)(H,34,40)(H,35,38)/t24-,26+. The Morgan fingerprint density at radius 2 is 1.80 bits per heavy atom. The second kappa shape index (κ2) is 12.5. The molecule has 0 spiro atoms. The maximum absolute atomic E-state index is 13.6. The van der Waals surface area contributed by atoms with E-state index in [1.807, 2.05) is 39.0 Å². The number of anilines is 1. The number of carbonyl (C=O) groups excluding carboxylic acids is 2. The first kappa shape index (κ1) is 29.0. The number of aryl methyl sites for hydroxylation is 2. The van der Waals surface area contributed by atoms with Gasteiger partial charge < -0.3 is 25.6 Å². The van der Waals surface area contributed by atoms with E-state index in [-0.39, 0.29) is 42.6 Å². The third-order valence-electron chi connectivity index (χ3n) is 7.90. The summed E-state index contributed by atoms with van der Waals surface area (Å²) in [4.78, 5) is 47.0. The highest BCUT2D eigenvalue weighted by atomic mass is 16.3. The molecular weight excluding hydrogens is 506 g/mol. The lowest BCUT2D eigenvalue weighted by Crippen LogP contribution is -2.42. The molecule has 2 heterocycles. The quantitative estimate of drug-likeness (QED) is 0.342. The average molecular weight is 546 g/mol. The summed E-state index contributed by atoms with van der Waals surface area (Å²) in [5.41, 5.74) is 6.51. The number of pyridine rings is 2. The van der Waals surface area contributed by atoms with Crippen molar-refractivity contribution in [1.82, 2.24) is 20.6 Å². The first-order valence-electron chi connectivity index (χ1n) is 13.8. The van der Waals surface area contributed by atoms with Crippen LogP contribution in [0.15, 0.2) is 41.3 Å². The smallest absolute Gasteiger partial charge is 0.253 e. The monoisotopic (exact) mass is 545 g/mol. The number of rotatable bonds is 8. The van der Waals surface area contributed by atoms with E-state index in [9.17, 15) is 19.5 Å². The molecule has 4 N–H and O–H groups in total. The zero-order valence-electron chi connectivity index (χ0n) is 23.9. The second-order valence-corrected chi connectivity index (χ2v) is 10.8. The van der Waals surface area contributed by atoms with Crippen molar-refractivity contribution in [3.05, 3.63) is 80.5 Å². The fourth-order valence-electron chi connectivity index (χ4n) is 5.61. The van der Waals surface area contributed by atoms with Crippen LogP contribution in [-0.4, -0.2) is 46.0 Å². The number of hydrogen-bond acceptors (Lipinski definition) is 6. The van der Waals surface area contributed by atoms with E-state index >= 15 is 0 Å². The minimum Gasteiger partial charge on any atom is -0.390 e. The summed E-state index contributed by atoms with van der Waals surface area (Å²) >= 11 is 0. The Morgan fingerprint density at radius 3 is 2.40 bits per heavy atom. The van der Waals surface area contributed by atoms with Crippen LogP contribution in [0.5, 0.6) is 0 Å². The lowest BCUT2D eigenvalue weighted by molar-refractivity contribution is -0.119. The molecule has 1 aromatic carbocycles. The summed E-state index contributed by atoms with van der Waals surface area (Å²) in [6.07, 6.45) is 5.36. The fraction of sp³-hybridized carbons (Fsp3) is 0.419. The van der Waals surface area contributed by atoms with E-state index in [1.165, 1.54) is 0 Å². The highest BCUT2D eigenvalue weighted by Gasteiger charge is 2.27. The fourth-order valence-corrected chi connectivity index (χ4v) is 5.61. The molecule has 4 rings (SSSR count). The van der Waals surface area contributed by atoms with Crippen molar-refractivity contribution in [2.24, 2.45) is 0 Å². The van der Waals surface area contributed by atoms with Crippen LogP contribution in [0.25, 0.3) is 11.1 Å². The van der Waals surface area contributed by atoms with Gasteiger partial charge in [0.2, 0.25) is 5.91 Å². The molecule has 9 nitrogen and oxygen atoms in total. The van der Waals surface area contributed by atoms with Crippen molar-refractivity contribution in [2.45, 2.75) is 78.6 Å². The van der Waals surface area contributed by atoms with Crippen molar-refractivity contribution in [3.63, 3.8) is 0 Å². The molecular formula is C31H39N5O4. The van der Waals surface area contributed by atoms with Gasteiger partial charge in [-0.1, -0.05) is 6.07 Å². The Hall–Kier alpha value is -3.98. The van der Waals surface area contributed by atoms with Crippen molar-refractivity contribution in [3.8, 4) is 11.1 Å². The van der Waals surface area contributed by atoms with E-state index in [2.05, 4.69) is 38.6 Å². The lowest BCUT2D eigenvalue weighted by atomic mass is 9.89. The van der Waals surface area contributed by atoms with Crippen LogP contribution in [0.1, 0.15) is 71.0 Å². The van der Waals surface area contributed by atoms with Crippen LogP contribution in [-0.2, 0) is 17.9 Å². The first-order valence-corrected chi connectivity index (χ1v) is 13.8. The molecule has 1 aliphatic rings. The lowest BCUT2D eigenvalue weighted by Gasteiger charge is -2.37. The molecule has 3 aromatic rings. The van der Waals surface area contributed by atoms with Gasteiger partial charge in [-0.15, -0.1) is 0 Å². The summed E-state index contributed by atoms with van der Waals surface area (Å²) < 4.78 is 0. The predicted octanol–water partition coefficient (Wildman–Crippen LogP) is 3.67. The van der Waals surface area contributed by atoms with Gasteiger partial charge in [-0.05, 0) is 87.4 Å². The van der Waals surface area contributed by atoms with Crippen LogP contribution in [0, 0.1) is 20.8 Å². The minimum atomic E-state index is -0.261. The Morgan fingerprint density at radius 1 is 1.07 bits per heavy atom. The minimum absolute atomic E-state index is 0.000322. The largest absolute Gasteiger partial charge is 0.390 e. The van der Waals surface area contributed by atoms with Crippen molar-refractivity contribution in [1.29, 1.82) is 0 Å². The Balaban J connectivity index is 1.65. The van der Waals surface area contributed by atoms with Gasteiger partial charge in [0.05, 0.1) is 12.3 Å². The summed E-state index contributed by atoms with van der Waals surface area (Å²) in [5.74, 6) is -0.262. The molecule has 0 saturated heterocycles. The van der Waals surface area contributed by atoms with Crippen LogP contribution in [0.3, 0.4) is 0 Å². The molecule has 0 unspecified atom stereocenters. The van der Waals surface area contributed by atoms with Gasteiger partial charge in [-0.2, -0.15) is 0 Å². The Kier molecular flexibility index (Phi) is 9.04. The van der Waals surface area contributed by atoms with Gasteiger partial charge >= 0.3 is 0 Å². The zero-order valence-corrected chi connectivity index (χ0v) is 23.9. The third kappa shape index (κ3) is 6.59. The van der Waals surface area contributed by atoms with Gasteiger partial charge in [0.1, 0.15) is 0 Å². The molecule has 0 aliphatic heterocycles. The number of H-pyrrole nitrogens is 1. The Bertz CT molecular complexity index is 1440. The van der Waals surface area contributed by atoms with Crippen LogP contribution < -0.4 is 21.1 Å². The molecule has 0 radical (unpaired) electrons. The number of carbonyl (C=O) groups is 2. The molecule has 40 heavy (non-hydrogen) atoms. The normalized spacial score (nSPS) is 16.9. The molecule has 0 atom stereocenters. The molecule has 2 aromatic heterocycles. The number of nitrogens with zero attached hydrogens (tertiary/aromatic N) is 2. The Labute approximate surface area is 235 Å². The van der Waals surface area contributed by atoms with Crippen LogP contribution in [0.4, 0.5) is 5.69 Å². The molecule has 1 aliphatic carbocycles. The number of aromatic nitrogens is 2. The van der Waals surface area contributed by atoms with Gasteiger partial charge in [0, 0.05) is 66.9 Å². The van der Waals surface area contributed by atoms with Gasteiger partial charge in [0.15, 0.2) is 0 Å². The number of hydrogen-bond donors (Lipinski definition) is 4. The first-order chi connectivity index (χ1) is 19.1. The number of aliphatic hydroxyl groups is 1. The highest BCUT2D eigenvalue weighted by Crippen LogP contribution is 2.34. The number of aromatic amines is 1. The maximum atomic E-state index is 13.6. The summed E-state index contributed by atoms with van der Waals surface area (Å²) in [6, 6.07) is 9.95. The average Bonchev–Trinajstić information content (AvgIpc) is 2.92. The number of benzene rings is 1. The molecule has 2 amide bonds. The van der Waals surface area contributed by atoms with Crippen molar-refractivity contribution >= 4 is 17.5 Å². The van der Waals surface area contributed by atoms with Crippen molar-refractivity contribution in [2.75, 3.05) is 11.9 Å². The van der Waals surface area contributed by atoms with Gasteiger partial charge in [-0.25, -0.2) is 0 Å². The predicted molar refractivity (Wildman–Crippen MR) is 156 cm³/mol. The SMILES string of the molecule is CC(=O)N[C@H]1CC[C@@H](N(C)c2cc(-c3ccc(CO)nc3)cc(C(=O)NCc3c(C)cc(C)[nH]c3=O)c2C)CC1. The summed E-state index contributed by atoms with van der Waals surface area (Å²) in [7, 11) is 2.06. The topological polar surface area (TPSA) is 127 Å². The maximum Gasteiger partial charge on any atom is 0.253 e. The molecule has 1 saturated carbocycles. The zero-order chi connectivity index (χ0) is 29.0. The summed E-state index contributed by atoms with van der Waals surface area (Å²) in [6.45, 7) is 7.18. The molecule has 9 heteroatoms. The number of nitrogens with one attached hydrogen (secondary N) is 3. The molecule has 0 bridgehead atoms. The van der Waals surface area contributed by atoms with Crippen molar-refractivity contribution < 1.29 is 14.7 Å². The number of amides is 2. The van der Waals surface area contributed by atoms with E-state index in [0.717, 1.165) is 59.3 Å². The van der Waals surface area contributed by atoms with Gasteiger partial charge in [0.25, 0.3) is 11.5 Å². The third-order valence-corrected chi connectivity index (χ3v) is 7.90. The molecule has 1 fully saturated rings. The highest BCUT2D eigenvalue weighted by molar-refractivity contribution is 5.99. The molecule has 212 valence electrons. The second-order valence-electron chi connectivity index (χ2n) is 10.8. The van der Waals surface area contributed by atoms with E-state index in [0.29, 0.717) is 16.8 Å². The number of aliphatic hydroxyl groups excluding tert-OH is 1. The van der Waals surface area contributed by atoms with E-state index in [4.69, 9.17) is 0 Å². The van der Waals surface area contributed by atoms with E-state index in [1.54, 1.807) is 19.2 Å². The van der Waals surface area contributed by atoms with Crippen LogP contribution in [0.2, 0.25) is 0 Å². The van der Waals surface area contributed by atoms with Crippen LogP contribution >= 0.6 is 0 Å². The van der Waals surface area contributed by atoms with Gasteiger partial charge in [-0.3, -0.25) is 19.4 Å².